The third kappa shape index (κ3) is 3.16. The lowest BCUT2D eigenvalue weighted by Gasteiger charge is -2.11. The van der Waals surface area contributed by atoms with Gasteiger partial charge in [-0.1, -0.05) is 33.6 Å². The van der Waals surface area contributed by atoms with Crippen molar-refractivity contribution in [3.8, 4) is 5.75 Å². The molecule has 0 spiro atoms. The summed E-state index contributed by atoms with van der Waals surface area (Å²) in [5.74, 6) is 0.137. The van der Waals surface area contributed by atoms with E-state index < -0.39 is 11.9 Å². The molecule has 3 amide bonds. The van der Waals surface area contributed by atoms with E-state index in [4.69, 9.17) is 16.3 Å². The first-order valence-corrected chi connectivity index (χ1v) is 8.13. The predicted molar refractivity (Wildman–Crippen MR) is 96.1 cm³/mol. The zero-order valence-corrected chi connectivity index (χ0v) is 14.9. The van der Waals surface area contributed by atoms with Gasteiger partial charge in [0.2, 0.25) is 0 Å². The van der Waals surface area contributed by atoms with Gasteiger partial charge in [-0.05, 0) is 42.5 Å². The van der Waals surface area contributed by atoms with Crippen molar-refractivity contribution in [1.29, 1.82) is 0 Å². The number of rotatable bonds is 3. The summed E-state index contributed by atoms with van der Waals surface area (Å²) in [4.78, 5) is 25.8. The first kappa shape index (κ1) is 16.5. The van der Waals surface area contributed by atoms with Crippen LogP contribution < -0.4 is 15.0 Å². The number of carbonyl (C=O) groups is 2. The van der Waals surface area contributed by atoms with Crippen LogP contribution in [-0.2, 0) is 4.79 Å². The maximum Gasteiger partial charge on any atom is 0.333 e. The van der Waals surface area contributed by atoms with Crippen molar-refractivity contribution in [1.82, 2.24) is 5.32 Å². The lowest BCUT2D eigenvalue weighted by Crippen LogP contribution is -2.30. The minimum atomic E-state index is -0.525. The Morgan fingerprint density at radius 1 is 1.21 bits per heavy atom. The molecule has 1 N–H and O–H groups in total. The molecule has 122 valence electrons. The Labute approximate surface area is 152 Å². The lowest BCUT2D eigenvalue weighted by molar-refractivity contribution is -0.113. The van der Waals surface area contributed by atoms with E-state index in [2.05, 4.69) is 21.2 Å². The van der Waals surface area contributed by atoms with E-state index in [9.17, 15) is 9.59 Å². The predicted octanol–water partition coefficient (Wildman–Crippen LogP) is 4.21. The van der Waals surface area contributed by atoms with Crippen molar-refractivity contribution in [2.45, 2.75) is 0 Å². The standard InChI is InChI=1S/C17H12BrClN2O3/c1-24-15-6-5-11(18)7-10(15)8-14-16(22)21(17(23)20-14)13-4-2-3-12(19)9-13/h2-9H,1H3,(H,20,23)/b14-8+. The smallest absolute Gasteiger partial charge is 0.333 e. The highest BCUT2D eigenvalue weighted by Gasteiger charge is 2.35. The highest BCUT2D eigenvalue weighted by molar-refractivity contribution is 9.10. The van der Waals surface area contributed by atoms with E-state index in [1.54, 1.807) is 49.6 Å². The summed E-state index contributed by atoms with van der Waals surface area (Å²) in [6.45, 7) is 0. The number of hydrogen-bond acceptors (Lipinski definition) is 3. The topological polar surface area (TPSA) is 58.6 Å². The fourth-order valence-electron chi connectivity index (χ4n) is 2.36. The number of nitrogens with one attached hydrogen (secondary N) is 1. The minimum Gasteiger partial charge on any atom is -0.496 e. The number of nitrogens with zero attached hydrogens (tertiary/aromatic N) is 1. The van der Waals surface area contributed by atoms with Crippen LogP contribution in [0.2, 0.25) is 5.02 Å². The van der Waals surface area contributed by atoms with Gasteiger partial charge < -0.3 is 10.1 Å². The van der Waals surface area contributed by atoms with Gasteiger partial charge in [-0.2, -0.15) is 0 Å². The van der Waals surface area contributed by atoms with Crippen molar-refractivity contribution in [2.24, 2.45) is 0 Å². The van der Waals surface area contributed by atoms with Crippen LogP contribution in [-0.4, -0.2) is 19.0 Å². The number of halogens is 2. The molecule has 0 saturated carbocycles. The quantitative estimate of drug-likeness (QED) is 0.612. The molecule has 2 aromatic rings. The van der Waals surface area contributed by atoms with Gasteiger partial charge in [0.1, 0.15) is 11.4 Å². The number of urea groups is 1. The van der Waals surface area contributed by atoms with Crippen molar-refractivity contribution < 1.29 is 14.3 Å². The fraction of sp³-hybridized carbons (Fsp3) is 0.0588. The highest BCUT2D eigenvalue weighted by Crippen LogP contribution is 2.28. The van der Waals surface area contributed by atoms with Gasteiger partial charge in [-0.25, -0.2) is 9.69 Å². The summed E-state index contributed by atoms with van der Waals surface area (Å²) >= 11 is 9.31. The molecule has 1 fully saturated rings. The summed E-state index contributed by atoms with van der Waals surface area (Å²) < 4.78 is 6.11. The van der Waals surface area contributed by atoms with Gasteiger partial charge in [0.15, 0.2) is 0 Å². The molecular weight excluding hydrogens is 396 g/mol. The molecule has 1 aliphatic rings. The maximum absolute atomic E-state index is 12.6. The number of amides is 3. The summed E-state index contributed by atoms with van der Waals surface area (Å²) in [6.07, 6.45) is 1.58. The molecule has 0 radical (unpaired) electrons. The first-order chi connectivity index (χ1) is 11.5. The normalized spacial score (nSPS) is 15.8. The second-order valence-electron chi connectivity index (χ2n) is 4.99. The average molecular weight is 408 g/mol. The fourth-order valence-corrected chi connectivity index (χ4v) is 2.92. The zero-order chi connectivity index (χ0) is 17.3. The molecule has 0 aromatic heterocycles. The van der Waals surface area contributed by atoms with Crippen LogP contribution in [0.1, 0.15) is 5.56 Å². The third-order valence-electron chi connectivity index (χ3n) is 3.44. The number of benzene rings is 2. The number of methoxy groups -OCH3 is 1. The van der Waals surface area contributed by atoms with Crippen molar-refractivity contribution >= 4 is 51.2 Å². The number of hydrogen-bond donors (Lipinski definition) is 1. The first-order valence-electron chi connectivity index (χ1n) is 6.96. The SMILES string of the molecule is COc1ccc(Br)cc1/C=C1/NC(=O)N(c2cccc(Cl)c2)C1=O. The molecule has 7 heteroatoms. The molecule has 0 bridgehead atoms. The third-order valence-corrected chi connectivity index (χ3v) is 4.16. The van der Waals surface area contributed by atoms with Gasteiger partial charge in [-0.15, -0.1) is 0 Å². The van der Waals surface area contributed by atoms with Gasteiger partial charge in [0.05, 0.1) is 12.8 Å². The molecule has 5 nitrogen and oxygen atoms in total. The largest absolute Gasteiger partial charge is 0.496 e. The molecule has 24 heavy (non-hydrogen) atoms. The Balaban J connectivity index is 1.99. The molecule has 1 saturated heterocycles. The minimum absolute atomic E-state index is 0.163. The Morgan fingerprint density at radius 3 is 2.71 bits per heavy atom. The van der Waals surface area contributed by atoms with Gasteiger partial charge >= 0.3 is 6.03 Å². The monoisotopic (exact) mass is 406 g/mol. The molecule has 2 aromatic carbocycles. The maximum atomic E-state index is 12.6. The van der Waals surface area contributed by atoms with Crippen LogP contribution >= 0.6 is 27.5 Å². The Bertz CT molecular complexity index is 867. The van der Waals surface area contributed by atoms with Crippen LogP contribution in [0, 0.1) is 0 Å². The zero-order valence-electron chi connectivity index (χ0n) is 12.5. The average Bonchev–Trinajstić information content (AvgIpc) is 2.81. The van der Waals surface area contributed by atoms with Gasteiger partial charge in [0.25, 0.3) is 5.91 Å². The highest BCUT2D eigenvalue weighted by atomic mass is 79.9. The van der Waals surface area contributed by atoms with Crippen molar-refractivity contribution in [3.63, 3.8) is 0 Å². The van der Waals surface area contributed by atoms with Crippen LogP contribution in [0.3, 0.4) is 0 Å². The second-order valence-corrected chi connectivity index (χ2v) is 6.35. The molecule has 0 atom stereocenters. The summed E-state index contributed by atoms with van der Waals surface area (Å²) in [5.41, 5.74) is 1.24. The number of carbonyl (C=O) groups excluding carboxylic acids is 2. The van der Waals surface area contributed by atoms with Crippen molar-refractivity contribution in [3.05, 3.63) is 63.2 Å². The van der Waals surface area contributed by atoms with Crippen LogP contribution in [0.4, 0.5) is 10.5 Å². The lowest BCUT2D eigenvalue weighted by atomic mass is 10.1. The van der Waals surface area contributed by atoms with Crippen LogP contribution in [0.5, 0.6) is 5.75 Å². The van der Waals surface area contributed by atoms with E-state index in [-0.39, 0.29) is 5.70 Å². The number of anilines is 1. The number of ether oxygens (including phenoxy) is 1. The molecule has 1 heterocycles. The Kier molecular flexibility index (Phi) is 4.59. The summed E-state index contributed by atoms with van der Waals surface area (Å²) in [6, 6.07) is 11.4. The molecule has 3 rings (SSSR count). The van der Waals surface area contributed by atoms with E-state index in [1.807, 2.05) is 6.07 Å². The van der Waals surface area contributed by atoms with Crippen molar-refractivity contribution in [2.75, 3.05) is 12.0 Å². The van der Waals surface area contributed by atoms with E-state index >= 15 is 0 Å². The van der Waals surface area contributed by atoms with E-state index in [0.29, 0.717) is 22.0 Å². The van der Waals surface area contributed by atoms with Crippen LogP contribution in [0.25, 0.3) is 6.08 Å². The van der Waals surface area contributed by atoms with Gasteiger partial charge in [0, 0.05) is 15.1 Å². The van der Waals surface area contributed by atoms with E-state index in [0.717, 1.165) is 9.37 Å². The Morgan fingerprint density at radius 2 is 2.00 bits per heavy atom. The van der Waals surface area contributed by atoms with E-state index in [1.165, 1.54) is 0 Å². The molecule has 1 aliphatic heterocycles. The number of imide groups is 1. The Hall–Kier alpha value is -2.31. The molecular formula is C17H12BrClN2O3. The van der Waals surface area contributed by atoms with Crippen LogP contribution in [0.15, 0.2) is 52.6 Å². The molecule has 0 aliphatic carbocycles. The molecule has 0 unspecified atom stereocenters. The summed E-state index contributed by atoms with van der Waals surface area (Å²) in [7, 11) is 1.54. The second kappa shape index (κ2) is 6.67. The van der Waals surface area contributed by atoms with Gasteiger partial charge in [-0.3, -0.25) is 4.79 Å². The summed E-state index contributed by atoms with van der Waals surface area (Å²) in [5, 5.41) is 3.02.